The lowest BCUT2D eigenvalue weighted by Crippen LogP contribution is -2.45. The molecule has 0 saturated heterocycles. The molecule has 1 atom stereocenters. The van der Waals surface area contributed by atoms with E-state index in [-0.39, 0.29) is 11.9 Å². The van der Waals surface area contributed by atoms with Gasteiger partial charge in [0, 0.05) is 6.42 Å². The third-order valence-electron chi connectivity index (χ3n) is 5.53. The molecule has 0 heterocycles. The maximum absolute atomic E-state index is 12.3. The predicted octanol–water partition coefficient (Wildman–Crippen LogP) is 4.91. The van der Waals surface area contributed by atoms with Crippen LogP contribution < -0.4 is 5.32 Å². The second-order valence-electron chi connectivity index (χ2n) is 10.7. The fourth-order valence-corrected chi connectivity index (χ4v) is 3.99. The van der Waals surface area contributed by atoms with E-state index >= 15 is 0 Å². The van der Waals surface area contributed by atoms with Crippen molar-refractivity contribution >= 4 is 18.0 Å². The SMILES string of the molecule is COC(=O)[C@H](Cc1ccc(C2CCC(C(=O)OC(C)(C)C)CC2)cc1)NC(=O)OC(C)(C)C. The molecule has 7 nitrogen and oxygen atoms in total. The zero-order valence-corrected chi connectivity index (χ0v) is 21.0. The molecule has 0 bridgehead atoms. The zero-order valence-electron chi connectivity index (χ0n) is 21.0. The molecule has 0 aliphatic heterocycles. The van der Waals surface area contributed by atoms with Crippen LogP contribution in [0.2, 0.25) is 0 Å². The Bertz CT molecular complexity index is 811. The molecule has 0 radical (unpaired) electrons. The molecule has 0 spiro atoms. The van der Waals surface area contributed by atoms with Gasteiger partial charge in [0.25, 0.3) is 0 Å². The van der Waals surface area contributed by atoms with Gasteiger partial charge in [0.05, 0.1) is 13.0 Å². The first-order valence-corrected chi connectivity index (χ1v) is 11.7. The molecule has 1 aromatic rings. The van der Waals surface area contributed by atoms with Crippen molar-refractivity contribution in [3.63, 3.8) is 0 Å². The van der Waals surface area contributed by atoms with Crippen LogP contribution in [-0.4, -0.2) is 42.4 Å². The summed E-state index contributed by atoms with van der Waals surface area (Å²) < 4.78 is 15.6. The molecule has 7 heteroatoms. The molecule has 1 aromatic carbocycles. The summed E-state index contributed by atoms with van der Waals surface area (Å²) in [4.78, 5) is 36.6. The number of hydrogen-bond acceptors (Lipinski definition) is 6. The maximum atomic E-state index is 12.3. The fourth-order valence-electron chi connectivity index (χ4n) is 3.99. The Hall–Kier alpha value is -2.57. The van der Waals surface area contributed by atoms with Gasteiger partial charge in [-0.25, -0.2) is 9.59 Å². The third-order valence-corrected chi connectivity index (χ3v) is 5.53. The van der Waals surface area contributed by atoms with Crippen LogP contribution >= 0.6 is 0 Å². The van der Waals surface area contributed by atoms with Gasteiger partial charge in [-0.3, -0.25) is 4.79 Å². The van der Waals surface area contributed by atoms with E-state index in [2.05, 4.69) is 17.4 Å². The summed E-state index contributed by atoms with van der Waals surface area (Å²) >= 11 is 0. The van der Waals surface area contributed by atoms with Crippen molar-refractivity contribution in [3.8, 4) is 0 Å². The van der Waals surface area contributed by atoms with E-state index in [1.54, 1.807) is 20.8 Å². The van der Waals surface area contributed by atoms with E-state index in [4.69, 9.17) is 14.2 Å². The summed E-state index contributed by atoms with van der Waals surface area (Å²) in [7, 11) is 1.29. The fraction of sp³-hybridized carbons (Fsp3) is 0.654. The molecule has 1 amide bonds. The van der Waals surface area contributed by atoms with Crippen molar-refractivity contribution in [2.75, 3.05) is 7.11 Å². The molecular formula is C26H39NO6. The van der Waals surface area contributed by atoms with Crippen LogP contribution in [0.1, 0.15) is 84.3 Å². The van der Waals surface area contributed by atoms with E-state index in [0.29, 0.717) is 12.3 Å². The Balaban J connectivity index is 1.95. The Labute approximate surface area is 197 Å². The van der Waals surface area contributed by atoms with Gasteiger partial charge in [-0.2, -0.15) is 0 Å². The molecule has 1 aliphatic rings. The molecule has 2 rings (SSSR count). The summed E-state index contributed by atoms with van der Waals surface area (Å²) in [5.41, 5.74) is 1.02. The number of methoxy groups -OCH3 is 1. The summed E-state index contributed by atoms with van der Waals surface area (Å²) in [5, 5.41) is 2.60. The second kappa shape index (κ2) is 11.0. The van der Waals surface area contributed by atoms with Crippen LogP contribution in [0.3, 0.4) is 0 Å². The summed E-state index contributed by atoms with van der Waals surface area (Å²) in [6.07, 6.45) is 3.17. The van der Waals surface area contributed by atoms with Crippen molar-refractivity contribution in [1.29, 1.82) is 0 Å². The molecule has 1 N–H and O–H groups in total. The zero-order chi connectivity index (χ0) is 24.8. The molecule has 1 fully saturated rings. The number of hydrogen-bond donors (Lipinski definition) is 1. The summed E-state index contributed by atoms with van der Waals surface area (Å²) in [6, 6.07) is 7.25. The number of ether oxygens (including phenoxy) is 3. The van der Waals surface area contributed by atoms with Gasteiger partial charge in [0.15, 0.2) is 0 Å². The highest BCUT2D eigenvalue weighted by molar-refractivity contribution is 5.81. The highest BCUT2D eigenvalue weighted by Gasteiger charge is 2.30. The lowest BCUT2D eigenvalue weighted by molar-refractivity contribution is -0.161. The standard InChI is InChI=1S/C26H39NO6/c1-25(2,3)32-22(28)20-14-12-19(13-15-20)18-10-8-17(9-11-18)16-21(23(29)31-7)27-24(30)33-26(4,5)6/h8-11,19-21H,12-16H2,1-7H3,(H,27,30)/t19?,20?,21-/m0/s1. The van der Waals surface area contributed by atoms with E-state index in [1.165, 1.54) is 12.7 Å². The Morgan fingerprint density at radius 2 is 1.45 bits per heavy atom. The first-order chi connectivity index (χ1) is 15.3. The van der Waals surface area contributed by atoms with E-state index in [1.807, 2.05) is 32.9 Å². The Morgan fingerprint density at radius 3 is 1.94 bits per heavy atom. The van der Waals surface area contributed by atoms with Crippen LogP contribution in [0.15, 0.2) is 24.3 Å². The first-order valence-electron chi connectivity index (χ1n) is 11.7. The molecule has 184 valence electrons. The normalized spacial score (nSPS) is 19.8. The quantitative estimate of drug-likeness (QED) is 0.478. The van der Waals surface area contributed by atoms with Crippen LogP contribution in [0.4, 0.5) is 4.79 Å². The number of carbonyl (C=O) groups excluding carboxylic acids is 3. The molecule has 0 unspecified atom stereocenters. The minimum atomic E-state index is -0.833. The largest absolute Gasteiger partial charge is 0.467 e. The number of benzene rings is 1. The van der Waals surface area contributed by atoms with Crippen molar-refractivity contribution in [2.24, 2.45) is 5.92 Å². The van der Waals surface area contributed by atoms with E-state index < -0.39 is 29.3 Å². The van der Waals surface area contributed by atoms with Crippen LogP contribution in [-0.2, 0) is 30.2 Å². The molecule has 0 aromatic heterocycles. The molecule has 33 heavy (non-hydrogen) atoms. The Morgan fingerprint density at radius 1 is 0.909 bits per heavy atom. The van der Waals surface area contributed by atoms with E-state index in [9.17, 15) is 14.4 Å². The number of carbonyl (C=O) groups is 3. The highest BCUT2D eigenvalue weighted by atomic mass is 16.6. The van der Waals surface area contributed by atoms with Crippen molar-refractivity contribution in [1.82, 2.24) is 5.32 Å². The maximum Gasteiger partial charge on any atom is 0.408 e. The van der Waals surface area contributed by atoms with Gasteiger partial charge in [-0.05, 0) is 84.3 Å². The van der Waals surface area contributed by atoms with Gasteiger partial charge in [-0.1, -0.05) is 24.3 Å². The molecule has 1 aliphatic carbocycles. The summed E-state index contributed by atoms with van der Waals surface area (Å²) in [5.74, 6) is -0.249. The van der Waals surface area contributed by atoms with E-state index in [0.717, 1.165) is 31.2 Å². The number of amides is 1. The number of esters is 2. The minimum absolute atomic E-state index is 0.0282. The average Bonchev–Trinajstić information content (AvgIpc) is 2.70. The van der Waals surface area contributed by atoms with Gasteiger partial charge >= 0.3 is 18.0 Å². The van der Waals surface area contributed by atoms with Crippen LogP contribution in [0, 0.1) is 5.92 Å². The number of alkyl carbamates (subject to hydrolysis) is 1. The van der Waals surface area contributed by atoms with Crippen molar-refractivity contribution in [3.05, 3.63) is 35.4 Å². The number of rotatable bonds is 6. The van der Waals surface area contributed by atoms with Gasteiger partial charge < -0.3 is 19.5 Å². The lowest BCUT2D eigenvalue weighted by atomic mass is 9.78. The number of nitrogens with one attached hydrogen (secondary N) is 1. The summed E-state index contributed by atoms with van der Waals surface area (Å²) in [6.45, 7) is 11.0. The first kappa shape index (κ1) is 26.7. The highest BCUT2D eigenvalue weighted by Crippen LogP contribution is 2.36. The predicted molar refractivity (Wildman–Crippen MR) is 126 cm³/mol. The average molecular weight is 462 g/mol. The topological polar surface area (TPSA) is 90.9 Å². The van der Waals surface area contributed by atoms with Crippen LogP contribution in [0.5, 0.6) is 0 Å². The second-order valence-corrected chi connectivity index (χ2v) is 10.7. The van der Waals surface area contributed by atoms with Crippen LogP contribution in [0.25, 0.3) is 0 Å². The Kier molecular flexibility index (Phi) is 8.92. The minimum Gasteiger partial charge on any atom is -0.467 e. The third kappa shape index (κ3) is 9.06. The van der Waals surface area contributed by atoms with Crippen molar-refractivity contribution < 1.29 is 28.6 Å². The molecular weight excluding hydrogens is 422 g/mol. The molecule has 1 saturated carbocycles. The van der Waals surface area contributed by atoms with Gasteiger partial charge in [0.2, 0.25) is 0 Å². The van der Waals surface area contributed by atoms with Gasteiger partial charge in [-0.15, -0.1) is 0 Å². The monoisotopic (exact) mass is 461 g/mol. The van der Waals surface area contributed by atoms with Gasteiger partial charge in [0.1, 0.15) is 17.2 Å². The smallest absolute Gasteiger partial charge is 0.408 e. The lowest BCUT2D eigenvalue weighted by Gasteiger charge is -2.30. The van der Waals surface area contributed by atoms with Crippen molar-refractivity contribution in [2.45, 2.75) is 96.8 Å².